The Kier molecular flexibility index (Phi) is 7.17. The third-order valence-corrected chi connectivity index (χ3v) is 5.59. The maximum absolute atomic E-state index is 13.2. The van der Waals surface area contributed by atoms with Crippen LogP contribution in [0.5, 0.6) is 0 Å². The van der Waals surface area contributed by atoms with Crippen molar-refractivity contribution in [3.05, 3.63) is 90.2 Å². The summed E-state index contributed by atoms with van der Waals surface area (Å²) in [5, 5.41) is 8.37. The van der Waals surface area contributed by atoms with Gasteiger partial charge in [-0.25, -0.2) is 9.18 Å². The normalized spacial score (nSPS) is 15.3. The van der Waals surface area contributed by atoms with Crippen LogP contribution in [0.3, 0.4) is 0 Å². The van der Waals surface area contributed by atoms with E-state index in [4.69, 9.17) is 0 Å². The van der Waals surface area contributed by atoms with Gasteiger partial charge in [-0.1, -0.05) is 24.3 Å². The molecular weight excluding hydrogens is 435 g/mol. The summed E-state index contributed by atoms with van der Waals surface area (Å²) in [5.74, 6) is -1.17. The van der Waals surface area contributed by atoms with Gasteiger partial charge in [-0.2, -0.15) is 0 Å². The smallest absolute Gasteiger partial charge is 0.323 e. The molecule has 0 aliphatic carbocycles. The van der Waals surface area contributed by atoms with Crippen LogP contribution >= 0.6 is 0 Å². The largest absolute Gasteiger partial charge is 0.338 e. The Morgan fingerprint density at radius 3 is 2.18 bits per heavy atom. The van der Waals surface area contributed by atoms with Crippen LogP contribution in [0.1, 0.15) is 23.2 Å². The molecule has 8 heteroatoms. The molecule has 1 aliphatic rings. The fourth-order valence-electron chi connectivity index (χ4n) is 3.88. The molecule has 1 fully saturated rings. The summed E-state index contributed by atoms with van der Waals surface area (Å²) in [4.78, 5) is 39.5. The van der Waals surface area contributed by atoms with Crippen LogP contribution in [-0.2, 0) is 4.79 Å². The molecule has 0 bridgehead atoms. The van der Waals surface area contributed by atoms with E-state index in [0.717, 1.165) is 0 Å². The summed E-state index contributed by atoms with van der Waals surface area (Å²) in [6.45, 7) is 0.843. The van der Waals surface area contributed by atoms with E-state index in [2.05, 4.69) is 16.0 Å². The number of urea groups is 1. The number of piperidine rings is 1. The van der Waals surface area contributed by atoms with Crippen LogP contribution in [0.15, 0.2) is 78.9 Å². The number of nitrogens with zero attached hydrogens (tertiary/aromatic N) is 1. The predicted molar refractivity (Wildman–Crippen MR) is 129 cm³/mol. The second-order valence-electron chi connectivity index (χ2n) is 8.11. The fraction of sp³-hybridized carbons (Fsp3) is 0.192. The van der Waals surface area contributed by atoms with Crippen molar-refractivity contribution >= 4 is 34.9 Å². The fourth-order valence-corrected chi connectivity index (χ4v) is 3.88. The molecule has 0 radical (unpaired) electrons. The van der Waals surface area contributed by atoms with E-state index >= 15 is 0 Å². The topological polar surface area (TPSA) is 90.5 Å². The summed E-state index contributed by atoms with van der Waals surface area (Å²) in [6, 6.07) is 21.0. The lowest BCUT2D eigenvalue weighted by Gasteiger charge is -2.32. The number of nitrogens with one attached hydrogen (secondary N) is 3. The zero-order valence-corrected chi connectivity index (χ0v) is 18.5. The van der Waals surface area contributed by atoms with E-state index in [0.29, 0.717) is 48.6 Å². The molecule has 4 amide bonds. The molecule has 3 aromatic rings. The SMILES string of the molecule is O=C(Nc1ccccc1)Nc1cccc(NC(=O)C2CCCN(C(=O)c3ccc(F)cc3)C2)c1. The standard InChI is InChI=1S/C26H25FN4O3/c27-20-13-11-18(12-14-20)25(33)31-15-5-6-19(17-31)24(32)28-22-9-4-10-23(16-22)30-26(34)29-21-7-2-1-3-8-21/h1-4,7-14,16,19H,5-6,15,17H2,(H,28,32)(H2,29,30,34). The van der Waals surface area contributed by atoms with E-state index in [1.54, 1.807) is 41.3 Å². The van der Waals surface area contributed by atoms with E-state index in [1.807, 2.05) is 18.2 Å². The number of rotatable bonds is 5. The van der Waals surface area contributed by atoms with Gasteiger partial charge in [0, 0.05) is 35.7 Å². The van der Waals surface area contributed by atoms with Crippen LogP contribution < -0.4 is 16.0 Å². The average molecular weight is 461 g/mol. The molecule has 174 valence electrons. The maximum atomic E-state index is 13.2. The lowest BCUT2D eigenvalue weighted by Crippen LogP contribution is -2.43. The number of halogens is 1. The van der Waals surface area contributed by atoms with Gasteiger partial charge in [-0.15, -0.1) is 0 Å². The Labute approximate surface area is 197 Å². The van der Waals surface area contributed by atoms with Crippen molar-refractivity contribution in [1.29, 1.82) is 0 Å². The van der Waals surface area contributed by atoms with Crippen molar-refractivity contribution in [2.75, 3.05) is 29.0 Å². The molecular formula is C26H25FN4O3. The third kappa shape index (κ3) is 5.98. The van der Waals surface area contributed by atoms with Gasteiger partial charge in [0.25, 0.3) is 5.91 Å². The summed E-state index contributed by atoms with van der Waals surface area (Å²) >= 11 is 0. The molecule has 1 unspecified atom stereocenters. The van der Waals surface area contributed by atoms with Gasteiger partial charge < -0.3 is 20.9 Å². The Bertz CT molecular complexity index is 1170. The molecule has 3 aromatic carbocycles. The van der Waals surface area contributed by atoms with Gasteiger partial charge in [0.15, 0.2) is 0 Å². The van der Waals surface area contributed by atoms with Crippen LogP contribution in [0.25, 0.3) is 0 Å². The van der Waals surface area contributed by atoms with E-state index in [1.165, 1.54) is 24.3 Å². The zero-order valence-electron chi connectivity index (χ0n) is 18.5. The van der Waals surface area contributed by atoms with Crippen LogP contribution in [0, 0.1) is 11.7 Å². The Balaban J connectivity index is 1.34. The summed E-state index contributed by atoms with van der Waals surface area (Å²) in [5.41, 5.74) is 2.14. The lowest BCUT2D eigenvalue weighted by atomic mass is 9.96. The van der Waals surface area contributed by atoms with Gasteiger partial charge in [-0.05, 0) is 67.4 Å². The highest BCUT2D eigenvalue weighted by Crippen LogP contribution is 2.22. The Morgan fingerprint density at radius 1 is 0.794 bits per heavy atom. The first-order valence-corrected chi connectivity index (χ1v) is 11.1. The minimum atomic E-state index is -0.401. The highest BCUT2D eigenvalue weighted by molar-refractivity contribution is 6.01. The van der Waals surface area contributed by atoms with Crippen molar-refractivity contribution in [2.45, 2.75) is 12.8 Å². The number of carbonyl (C=O) groups is 3. The molecule has 0 aromatic heterocycles. The molecule has 1 saturated heterocycles. The first-order chi connectivity index (χ1) is 16.5. The quantitative estimate of drug-likeness (QED) is 0.503. The second-order valence-corrected chi connectivity index (χ2v) is 8.11. The van der Waals surface area contributed by atoms with Gasteiger partial charge in [0.2, 0.25) is 5.91 Å². The number of carbonyl (C=O) groups excluding carboxylic acids is 3. The van der Waals surface area contributed by atoms with E-state index in [-0.39, 0.29) is 17.7 Å². The minimum absolute atomic E-state index is 0.192. The van der Waals surface area contributed by atoms with E-state index < -0.39 is 11.8 Å². The number of hydrogen-bond acceptors (Lipinski definition) is 3. The molecule has 0 saturated carbocycles. The molecule has 34 heavy (non-hydrogen) atoms. The zero-order chi connectivity index (χ0) is 23.9. The number of amides is 4. The molecule has 0 spiro atoms. The maximum Gasteiger partial charge on any atom is 0.323 e. The number of anilines is 3. The monoisotopic (exact) mass is 460 g/mol. The van der Waals surface area contributed by atoms with Crippen molar-refractivity contribution in [2.24, 2.45) is 5.92 Å². The van der Waals surface area contributed by atoms with Crippen LogP contribution in [0.2, 0.25) is 0 Å². The van der Waals surface area contributed by atoms with Crippen molar-refractivity contribution in [3.8, 4) is 0 Å². The molecule has 1 aliphatic heterocycles. The van der Waals surface area contributed by atoms with Gasteiger partial charge in [-0.3, -0.25) is 9.59 Å². The van der Waals surface area contributed by atoms with E-state index in [9.17, 15) is 18.8 Å². The number of benzene rings is 3. The van der Waals surface area contributed by atoms with Gasteiger partial charge in [0.1, 0.15) is 5.82 Å². The Morgan fingerprint density at radius 2 is 1.44 bits per heavy atom. The molecule has 1 atom stereocenters. The van der Waals surface area contributed by atoms with Crippen molar-refractivity contribution in [1.82, 2.24) is 4.90 Å². The number of para-hydroxylation sites is 1. The summed E-state index contributed by atoms with van der Waals surface area (Å²) in [6.07, 6.45) is 1.36. The van der Waals surface area contributed by atoms with Gasteiger partial charge >= 0.3 is 6.03 Å². The highest BCUT2D eigenvalue weighted by Gasteiger charge is 2.29. The van der Waals surface area contributed by atoms with Crippen LogP contribution in [0.4, 0.5) is 26.2 Å². The predicted octanol–water partition coefficient (Wildman–Crippen LogP) is 4.96. The molecule has 4 rings (SSSR count). The molecule has 3 N–H and O–H groups in total. The highest BCUT2D eigenvalue weighted by atomic mass is 19.1. The van der Waals surface area contributed by atoms with Gasteiger partial charge in [0.05, 0.1) is 5.92 Å². The lowest BCUT2D eigenvalue weighted by molar-refractivity contribution is -0.121. The minimum Gasteiger partial charge on any atom is -0.338 e. The number of likely N-dealkylation sites (tertiary alicyclic amines) is 1. The summed E-state index contributed by atoms with van der Waals surface area (Å²) in [7, 11) is 0. The Hall–Kier alpha value is -4.20. The number of hydrogen-bond donors (Lipinski definition) is 3. The first kappa shape index (κ1) is 23.0. The molecule has 1 heterocycles. The summed E-state index contributed by atoms with van der Waals surface area (Å²) < 4.78 is 13.2. The van der Waals surface area contributed by atoms with Crippen molar-refractivity contribution < 1.29 is 18.8 Å². The van der Waals surface area contributed by atoms with Crippen molar-refractivity contribution in [3.63, 3.8) is 0 Å². The molecule has 7 nitrogen and oxygen atoms in total. The third-order valence-electron chi connectivity index (χ3n) is 5.59. The average Bonchev–Trinajstić information content (AvgIpc) is 2.85. The second kappa shape index (κ2) is 10.6. The van der Waals surface area contributed by atoms with Crippen LogP contribution in [-0.4, -0.2) is 35.8 Å². The first-order valence-electron chi connectivity index (χ1n) is 11.1.